The van der Waals surface area contributed by atoms with Crippen molar-refractivity contribution < 1.29 is 19.4 Å². The smallest absolute Gasteiger partial charge is 0.228 e. The summed E-state index contributed by atoms with van der Waals surface area (Å²) in [5.41, 5.74) is -0.985. The fourth-order valence-electron chi connectivity index (χ4n) is 3.23. The van der Waals surface area contributed by atoms with E-state index in [0.29, 0.717) is 24.3 Å². The Bertz CT molecular complexity index is 579. The van der Waals surface area contributed by atoms with E-state index >= 15 is 0 Å². The number of nitrogens with one attached hydrogen (secondary N) is 1. The fraction of sp³-hybridized carbons (Fsp3) is 0.529. The van der Waals surface area contributed by atoms with Crippen LogP contribution in [-0.2, 0) is 9.59 Å². The third kappa shape index (κ3) is 2.56. The third-order valence-electron chi connectivity index (χ3n) is 5.35. The molecule has 0 heterocycles. The molecule has 5 nitrogen and oxygen atoms in total. The highest BCUT2D eigenvalue weighted by molar-refractivity contribution is 5.94. The van der Waals surface area contributed by atoms with Crippen LogP contribution in [0.2, 0.25) is 0 Å². The SMILES string of the molecule is COc1ccc(NC(=O)[C@@H]2CC[C@](C)(C(=O)[O-])C2(C)C)cc1. The second-order valence-corrected chi connectivity index (χ2v) is 6.65. The third-order valence-corrected chi connectivity index (χ3v) is 5.35. The number of hydrogen-bond donors (Lipinski definition) is 1. The summed E-state index contributed by atoms with van der Waals surface area (Å²) in [7, 11) is 1.58. The molecule has 2 atom stereocenters. The molecule has 0 bridgehead atoms. The number of carboxylic acid groups (broad SMARTS) is 1. The molecule has 1 amide bonds. The molecule has 0 aromatic heterocycles. The average molecular weight is 304 g/mol. The van der Waals surface area contributed by atoms with Crippen molar-refractivity contribution in [2.45, 2.75) is 33.6 Å². The molecular weight excluding hydrogens is 282 g/mol. The predicted molar refractivity (Wildman–Crippen MR) is 81.2 cm³/mol. The minimum atomic E-state index is -1.09. The number of amides is 1. The number of carbonyl (C=O) groups excluding carboxylic acids is 2. The first-order valence-electron chi connectivity index (χ1n) is 7.39. The lowest BCUT2D eigenvalue weighted by Gasteiger charge is -2.41. The van der Waals surface area contributed by atoms with E-state index in [0.717, 1.165) is 0 Å². The second-order valence-electron chi connectivity index (χ2n) is 6.65. The van der Waals surface area contributed by atoms with Crippen LogP contribution in [0.5, 0.6) is 5.75 Å². The Balaban J connectivity index is 2.14. The molecule has 120 valence electrons. The number of ether oxygens (including phenoxy) is 1. The van der Waals surface area contributed by atoms with Crippen molar-refractivity contribution in [1.29, 1.82) is 0 Å². The number of carbonyl (C=O) groups is 2. The van der Waals surface area contributed by atoms with Gasteiger partial charge < -0.3 is 20.0 Å². The zero-order valence-electron chi connectivity index (χ0n) is 13.4. The van der Waals surface area contributed by atoms with Crippen molar-refractivity contribution in [3.8, 4) is 5.75 Å². The van der Waals surface area contributed by atoms with Gasteiger partial charge in [-0.1, -0.05) is 20.8 Å². The number of hydrogen-bond acceptors (Lipinski definition) is 4. The molecule has 2 rings (SSSR count). The summed E-state index contributed by atoms with van der Waals surface area (Å²) in [5.74, 6) is -0.890. The minimum Gasteiger partial charge on any atom is -0.550 e. The van der Waals surface area contributed by atoms with E-state index in [2.05, 4.69) is 5.32 Å². The quantitative estimate of drug-likeness (QED) is 0.920. The summed E-state index contributed by atoms with van der Waals surface area (Å²) in [6, 6.07) is 7.05. The van der Waals surface area contributed by atoms with Crippen LogP contribution >= 0.6 is 0 Å². The number of methoxy groups -OCH3 is 1. The number of rotatable bonds is 4. The molecule has 1 aromatic rings. The van der Waals surface area contributed by atoms with Gasteiger partial charge in [-0.3, -0.25) is 4.79 Å². The van der Waals surface area contributed by atoms with Crippen LogP contribution < -0.4 is 15.2 Å². The largest absolute Gasteiger partial charge is 0.550 e. The van der Waals surface area contributed by atoms with Gasteiger partial charge in [-0.15, -0.1) is 0 Å². The molecule has 5 heteroatoms. The van der Waals surface area contributed by atoms with Gasteiger partial charge in [0.2, 0.25) is 5.91 Å². The first kappa shape index (κ1) is 16.3. The van der Waals surface area contributed by atoms with Crippen molar-refractivity contribution in [2.75, 3.05) is 12.4 Å². The summed E-state index contributed by atoms with van der Waals surface area (Å²) in [6.45, 7) is 5.32. The van der Waals surface area contributed by atoms with E-state index in [1.165, 1.54) is 0 Å². The minimum absolute atomic E-state index is 0.153. The van der Waals surface area contributed by atoms with Gasteiger partial charge >= 0.3 is 0 Å². The fourth-order valence-corrected chi connectivity index (χ4v) is 3.23. The molecule has 1 saturated carbocycles. The van der Waals surface area contributed by atoms with E-state index < -0.39 is 16.8 Å². The Kier molecular flexibility index (Phi) is 4.18. The van der Waals surface area contributed by atoms with Gasteiger partial charge in [0.25, 0.3) is 0 Å². The first-order chi connectivity index (χ1) is 10.2. The molecule has 0 unspecified atom stereocenters. The topological polar surface area (TPSA) is 78.5 Å². The summed E-state index contributed by atoms with van der Waals surface area (Å²) >= 11 is 0. The number of benzene rings is 1. The average Bonchev–Trinajstić information content (AvgIpc) is 2.71. The van der Waals surface area contributed by atoms with Crippen LogP contribution in [0.1, 0.15) is 33.6 Å². The summed E-state index contributed by atoms with van der Waals surface area (Å²) in [6.07, 6.45) is 0.989. The van der Waals surface area contributed by atoms with Crippen LogP contribution in [-0.4, -0.2) is 19.0 Å². The van der Waals surface area contributed by atoms with Crippen LogP contribution in [0.25, 0.3) is 0 Å². The molecule has 1 aliphatic rings. The van der Waals surface area contributed by atoms with E-state index in [-0.39, 0.29) is 11.8 Å². The van der Waals surface area contributed by atoms with E-state index in [9.17, 15) is 14.7 Å². The predicted octanol–water partition coefficient (Wildman–Crippen LogP) is 1.83. The Morgan fingerprint density at radius 1 is 1.23 bits per heavy atom. The van der Waals surface area contributed by atoms with Gasteiger partial charge in [0.15, 0.2) is 0 Å². The zero-order chi connectivity index (χ0) is 16.5. The lowest BCUT2D eigenvalue weighted by molar-refractivity contribution is -0.323. The van der Waals surface area contributed by atoms with Gasteiger partial charge in [-0.05, 0) is 42.5 Å². The van der Waals surface area contributed by atoms with Gasteiger partial charge in [0.05, 0.1) is 7.11 Å². The molecule has 0 spiro atoms. The van der Waals surface area contributed by atoms with Crippen molar-refractivity contribution >= 4 is 17.6 Å². The maximum Gasteiger partial charge on any atom is 0.228 e. The number of carboxylic acids is 1. The lowest BCUT2D eigenvalue weighted by Crippen LogP contribution is -2.49. The van der Waals surface area contributed by atoms with E-state index in [1.807, 2.05) is 13.8 Å². The number of aliphatic carboxylic acids is 1. The van der Waals surface area contributed by atoms with Crippen LogP contribution in [0.3, 0.4) is 0 Å². The van der Waals surface area contributed by atoms with Crippen LogP contribution in [0.4, 0.5) is 5.69 Å². The standard InChI is InChI=1S/C17H23NO4/c1-16(2)13(9-10-17(16,3)15(20)21)14(19)18-11-5-7-12(22-4)8-6-11/h5-8,13H,9-10H2,1-4H3,(H,18,19)(H,20,21)/p-1/t13-,17+/m0/s1. The van der Waals surface area contributed by atoms with Gasteiger partial charge in [0, 0.05) is 23.0 Å². The van der Waals surface area contributed by atoms with E-state index in [1.54, 1.807) is 38.3 Å². The highest BCUT2D eigenvalue weighted by Crippen LogP contribution is 2.55. The Labute approximate surface area is 130 Å². The van der Waals surface area contributed by atoms with Crippen molar-refractivity contribution in [3.63, 3.8) is 0 Å². The molecular formula is C17H22NO4-. The second kappa shape index (κ2) is 5.63. The molecule has 1 aromatic carbocycles. The molecule has 22 heavy (non-hydrogen) atoms. The molecule has 0 radical (unpaired) electrons. The molecule has 0 aliphatic heterocycles. The lowest BCUT2D eigenvalue weighted by atomic mass is 9.65. The van der Waals surface area contributed by atoms with Crippen molar-refractivity contribution in [3.05, 3.63) is 24.3 Å². The maximum atomic E-state index is 12.5. The summed E-state index contributed by atoms with van der Waals surface area (Å²) in [4.78, 5) is 24.0. The molecule has 0 saturated heterocycles. The summed E-state index contributed by atoms with van der Waals surface area (Å²) in [5, 5.41) is 14.3. The Morgan fingerprint density at radius 3 is 2.27 bits per heavy atom. The van der Waals surface area contributed by atoms with Crippen molar-refractivity contribution in [1.82, 2.24) is 0 Å². The van der Waals surface area contributed by atoms with Gasteiger partial charge in [-0.25, -0.2) is 0 Å². The Morgan fingerprint density at radius 2 is 1.82 bits per heavy atom. The molecule has 1 N–H and O–H groups in total. The summed E-state index contributed by atoms with van der Waals surface area (Å²) < 4.78 is 5.08. The number of anilines is 1. The Hall–Kier alpha value is -2.04. The highest BCUT2D eigenvalue weighted by atomic mass is 16.5. The monoisotopic (exact) mass is 304 g/mol. The van der Waals surface area contributed by atoms with Gasteiger partial charge in [-0.2, -0.15) is 0 Å². The van der Waals surface area contributed by atoms with Crippen LogP contribution in [0, 0.1) is 16.7 Å². The van der Waals surface area contributed by atoms with Gasteiger partial charge in [0.1, 0.15) is 5.75 Å². The maximum absolute atomic E-state index is 12.5. The molecule has 1 fully saturated rings. The van der Waals surface area contributed by atoms with Crippen molar-refractivity contribution in [2.24, 2.45) is 16.7 Å². The van der Waals surface area contributed by atoms with Crippen LogP contribution in [0.15, 0.2) is 24.3 Å². The highest BCUT2D eigenvalue weighted by Gasteiger charge is 2.54. The van der Waals surface area contributed by atoms with E-state index in [4.69, 9.17) is 4.74 Å². The first-order valence-corrected chi connectivity index (χ1v) is 7.39. The molecule has 1 aliphatic carbocycles. The zero-order valence-corrected chi connectivity index (χ0v) is 13.4. The normalized spacial score (nSPS) is 26.5.